The Morgan fingerprint density at radius 2 is 2.05 bits per heavy atom. The summed E-state index contributed by atoms with van der Waals surface area (Å²) in [4.78, 5) is 12.2. The number of rotatable bonds is 6. The minimum Gasteiger partial charge on any atom is -0.360 e. The quantitative estimate of drug-likeness (QED) is 0.882. The van der Waals surface area contributed by atoms with Gasteiger partial charge in [-0.3, -0.25) is 4.79 Å². The van der Waals surface area contributed by atoms with Gasteiger partial charge >= 0.3 is 0 Å². The van der Waals surface area contributed by atoms with Gasteiger partial charge in [-0.2, -0.15) is 0 Å². The van der Waals surface area contributed by atoms with E-state index in [0.717, 1.165) is 17.0 Å². The van der Waals surface area contributed by atoms with Gasteiger partial charge in [0, 0.05) is 6.07 Å². The average Bonchev–Trinajstić information content (AvgIpc) is 2.91. The van der Waals surface area contributed by atoms with Crippen LogP contribution in [0.1, 0.15) is 36.9 Å². The molecule has 22 heavy (non-hydrogen) atoms. The fourth-order valence-corrected chi connectivity index (χ4v) is 2.70. The summed E-state index contributed by atoms with van der Waals surface area (Å²) >= 11 is 1.48. The van der Waals surface area contributed by atoms with Crippen LogP contribution in [0.3, 0.4) is 0 Å². The lowest BCUT2D eigenvalue weighted by atomic mass is 10.1. The van der Waals surface area contributed by atoms with E-state index in [0.29, 0.717) is 5.75 Å². The summed E-state index contributed by atoms with van der Waals surface area (Å²) in [7, 11) is 0. The van der Waals surface area contributed by atoms with Crippen molar-refractivity contribution >= 4 is 17.7 Å². The second-order valence-electron chi connectivity index (χ2n) is 5.17. The molecule has 118 valence electrons. The van der Waals surface area contributed by atoms with Crippen LogP contribution >= 0.6 is 11.8 Å². The van der Waals surface area contributed by atoms with E-state index in [1.165, 1.54) is 23.9 Å². The number of benzene rings is 1. The van der Waals surface area contributed by atoms with Gasteiger partial charge in [0.25, 0.3) is 0 Å². The van der Waals surface area contributed by atoms with Crippen LogP contribution in [0.5, 0.6) is 0 Å². The fourth-order valence-electron chi connectivity index (χ4n) is 1.93. The minimum absolute atomic E-state index is 0.0573. The Hall–Kier alpha value is -1.82. The van der Waals surface area contributed by atoms with Gasteiger partial charge in [0.15, 0.2) is 0 Å². The summed E-state index contributed by atoms with van der Waals surface area (Å²) in [5.74, 6) is 1.01. The summed E-state index contributed by atoms with van der Waals surface area (Å²) in [6.45, 7) is 5.58. The van der Waals surface area contributed by atoms with Crippen LogP contribution in [0.4, 0.5) is 4.39 Å². The number of hydrogen-bond acceptors (Lipinski definition) is 4. The largest absolute Gasteiger partial charge is 0.360 e. The molecule has 1 heterocycles. The van der Waals surface area contributed by atoms with Gasteiger partial charge in [0.2, 0.25) is 5.91 Å². The number of amides is 1. The zero-order valence-electron chi connectivity index (χ0n) is 12.8. The molecule has 6 heteroatoms. The van der Waals surface area contributed by atoms with Gasteiger partial charge < -0.3 is 9.84 Å². The molecule has 0 aliphatic carbocycles. The standard InChI is InChI=1S/C16H19FN2O2S/c1-10-8-15(21-19-10)9-22-12(3)16(20)18-11(2)13-4-6-14(17)7-5-13/h4-8,11-12H,9H2,1-3H3,(H,18,20). The van der Waals surface area contributed by atoms with E-state index in [2.05, 4.69) is 10.5 Å². The number of aryl methyl sites for hydroxylation is 1. The molecule has 1 N–H and O–H groups in total. The number of hydrogen-bond donors (Lipinski definition) is 1. The van der Waals surface area contributed by atoms with Crippen molar-refractivity contribution in [3.05, 3.63) is 53.2 Å². The number of aromatic nitrogens is 1. The highest BCUT2D eigenvalue weighted by Gasteiger charge is 2.17. The maximum absolute atomic E-state index is 12.9. The van der Waals surface area contributed by atoms with Gasteiger partial charge in [0.05, 0.1) is 22.7 Å². The van der Waals surface area contributed by atoms with Crippen molar-refractivity contribution in [3.8, 4) is 0 Å². The first-order valence-corrected chi connectivity index (χ1v) is 8.10. The summed E-state index contributed by atoms with van der Waals surface area (Å²) in [5.41, 5.74) is 1.70. The highest BCUT2D eigenvalue weighted by Crippen LogP contribution is 2.20. The van der Waals surface area contributed by atoms with Gasteiger partial charge in [-0.15, -0.1) is 11.8 Å². The topological polar surface area (TPSA) is 55.1 Å². The molecule has 4 nitrogen and oxygen atoms in total. The van der Waals surface area contributed by atoms with Crippen molar-refractivity contribution in [2.24, 2.45) is 0 Å². The summed E-state index contributed by atoms with van der Waals surface area (Å²) in [6.07, 6.45) is 0. The first-order chi connectivity index (χ1) is 10.5. The highest BCUT2D eigenvalue weighted by molar-refractivity contribution is 7.99. The van der Waals surface area contributed by atoms with Crippen molar-refractivity contribution in [2.45, 2.75) is 37.8 Å². The first-order valence-electron chi connectivity index (χ1n) is 7.05. The van der Waals surface area contributed by atoms with Gasteiger partial charge in [-0.05, 0) is 38.5 Å². The minimum atomic E-state index is -0.284. The zero-order chi connectivity index (χ0) is 16.1. The lowest BCUT2D eigenvalue weighted by Gasteiger charge is -2.17. The summed E-state index contributed by atoms with van der Waals surface area (Å²) in [6, 6.07) is 7.83. The van der Waals surface area contributed by atoms with E-state index in [9.17, 15) is 9.18 Å². The molecule has 0 fully saturated rings. The molecule has 2 unspecified atom stereocenters. The second-order valence-corrected chi connectivity index (χ2v) is 6.50. The lowest BCUT2D eigenvalue weighted by molar-refractivity contribution is -0.120. The maximum atomic E-state index is 12.9. The molecule has 0 saturated carbocycles. The molecule has 0 spiro atoms. The van der Waals surface area contributed by atoms with E-state index in [1.54, 1.807) is 12.1 Å². The Labute approximate surface area is 133 Å². The smallest absolute Gasteiger partial charge is 0.233 e. The van der Waals surface area contributed by atoms with Crippen molar-refractivity contribution in [3.63, 3.8) is 0 Å². The van der Waals surface area contributed by atoms with Crippen molar-refractivity contribution in [2.75, 3.05) is 0 Å². The molecule has 1 amide bonds. The Balaban J connectivity index is 1.83. The van der Waals surface area contributed by atoms with Gasteiger partial charge in [-0.1, -0.05) is 17.3 Å². The third kappa shape index (κ3) is 4.59. The number of carbonyl (C=O) groups excluding carboxylic acids is 1. The SMILES string of the molecule is Cc1cc(CSC(C)C(=O)NC(C)c2ccc(F)cc2)on1. The number of carbonyl (C=O) groups is 1. The van der Waals surface area contributed by atoms with Crippen molar-refractivity contribution < 1.29 is 13.7 Å². The van der Waals surface area contributed by atoms with Crippen molar-refractivity contribution in [1.29, 1.82) is 0 Å². The number of nitrogens with one attached hydrogen (secondary N) is 1. The normalized spacial score (nSPS) is 13.6. The fraction of sp³-hybridized carbons (Fsp3) is 0.375. The molecule has 1 aromatic heterocycles. The predicted octanol–water partition coefficient (Wildman–Crippen LogP) is 3.62. The number of halogens is 1. The molecule has 0 aliphatic rings. The molecular weight excluding hydrogens is 303 g/mol. The maximum Gasteiger partial charge on any atom is 0.233 e. The summed E-state index contributed by atoms with van der Waals surface area (Å²) < 4.78 is 18.0. The number of thioether (sulfide) groups is 1. The first kappa shape index (κ1) is 16.5. The Kier molecular flexibility index (Phi) is 5.60. The molecule has 0 saturated heterocycles. The Morgan fingerprint density at radius 1 is 1.36 bits per heavy atom. The van der Waals surface area contributed by atoms with E-state index in [1.807, 2.05) is 26.8 Å². The van der Waals surface area contributed by atoms with Gasteiger partial charge in [0.1, 0.15) is 11.6 Å². The Bertz CT molecular complexity index is 627. The molecule has 0 aliphatic heterocycles. The monoisotopic (exact) mass is 322 g/mol. The third-order valence-electron chi connectivity index (χ3n) is 3.25. The molecular formula is C16H19FN2O2S. The Morgan fingerprint density at radius 3 is 2.64 bits per heavy atom. The van der Waals surface area contributed by atoms with Crippen LogP contribution in [0, 0.1) is 12.7 Å². The third-order valence-corrected chi connectivity index (χ3v) is 4.42. The second kappa shape index (κ2) is 7.45. The number of nitrogens with zero attached hydrogens (tertiary/aromatic N) is 1. The van der Waals surface area contributed by atoms with Crippen LogP contribution < -0.4 is 5.32 Å². The molecule has 2 atom stereocenters. The zero-order valence-corrected chi connectivity index (χ0v) is 13.6. The predicted molar refractivity (Wildman–Crippen MR) is 85.0 cm³/mol. The van der Waals surface area contributed by atoms with Crippen LogP contribution in [-0.2, 0) is 10.5 Å². The molecule has 0 radical (unpaired) electrons. The van der Waals surface area contributed by atoms with Crippen LogP contribution in [0.15, 0.2) is 34.9 Å². The molecule has 0 bridgehead atoms. The van der Waals surface area contributed by atoms with Crippen LogP contribution in [-0.4, -0.2) is 16.3 Å². The van der Waals surface area contributed by atoms with Crippen LogP contribution in [0.25, 0.3) is 0 Å². The average molecular weight is 322 g/mol. The lowest BCUT2D eigenvalue weighted by Crippen LogP contribution is -2.33. The van der Waals surface area contributed by atoms with Gasteiger partial charge in [-0.25, -0.2) is 4.39 Å². The highest BCUT2D eigenvalue weighted by atomic mass is 32.2. The van der Waals surface area contributed by atoms with Crippen molar-refractivity contribution in [1.82, 2.24) is 10.5 Å². The molecule has 2 aromatic rings. The summed E-state index contributed by atoms with van der Waals surface area (Å²) in [5, 5.41) is 6.53. The molecule has 2 rings (SSSR count). The van der Waals surface area contributed by atoms with E-state index in [4.69, 9.17) is 4.52 Å². The van der Waals surface area contributed by atoms with E-state index in [-0.39, 0.29) is 23.0 Å². The van der Waals surface area contributed by atoms with E-state index >= 15 is 0 Å². The van der Waals surface area contributed by atoms with E-state index < -0.39 is 0 Å². The molecule has 1 aromatic carbocycles. The van der Waals surface area contributed by atoms with Crippen LogP contribution in [0.2, 0.25) is 0 Å².